The van der Waals surface area contributed by atoms with Crippen molar-refractivity contribution in [3.05, 3.63) is 35.9 Å². The van der Waals surface area contributed by atoms with Crippen LogP contribution in [0.3, 0.4) is 0 Å². The summed E-state index contributed by atoms with van der Waals surface area (Å²) in [5, 5.41) is 8.60. The number of rotatable bonds is 8. The second-order valence-corrected chi connectivity index (χ2v) is 3.92. The van der Waals surface area contributed by atoms with E-state index in [1.807, 2.05) is 18.2 Å². The Hall–Kier alpha value is -1.37. The van der Waals surface area contributed by atoms with Gasteiger partial charge >= 0.3 is 0 Å². The SMILES string of the molecule is CCN(CC#N)CCCOCc1ccccc1. The van der Waals surface area contributed by atoms with Gasteiger partial charge in [-0.15, -0.1) is 0 Å². The molecule has 0 radical (unpaired) electrons. The van der Waals surface area contributed by atoms with Crippen LogP contribution in [0.2, 0.25) is 0 Å². The molecule has 0 saturated heterocycles. The molecular formula is C14H20N2O. The molecular weight excluding hydrogens is 212 g/mol. The molecule has 0 amide bonds. The Bertz CT molecular complexity index is 332. The van der Waals surface area contributed by atoms with Gasteiger partial charge in [0, 0.05) is 13.2 Å². The first-order valence-corrected chi connectivity index (χ1v) is 6.07. The average Bonchev–Trinajstić information content (AvgIpc) is 2.38. The molecule has 0 saturated carbocycles. The molecule has 1 rings (SSSR count). The van der Waals surface area contributed by atoms with E-state index in [1.54, 1.807) is 0 Å². The first-order chi connectivity index (χ1) is 8.36. The molecule has 3 heteroatoms. The molecule has 0 aliphatic carbocycles. The van der Waals surface area contributed by atoms with Crippen LogP contribution in [0.1, 0.15) is 18.9 Å². The Kier molecular flexibility index (Phi) is 7.04. The van der Waals surface area contributed by atoms with Gasteiger partial charge in [-0.3, -0.25) is 4.90 Å². The number of ether oxygens (including phenoxy) is 1. The van der Waals surface area contributed by atoms with Gasteiger partial charge in [-0.2, -0.15) is 5.26 Å². The van der Waals surface area contributed by atoms with Gasteiger partial charge in [-0.25, -0.2) is 0 Å². The lowest BCUT2D eigenvalue weighted by atomic mass is 10.2. The van der Waals surface area contributed by atoms with Gasteiger partial charge < -0.3 is 4.74 Å². The van der Waals surface area contributed by atoms with E-state index >= 15 is 0 Å². The van der Waals surface area contributed by atoms with Gasteiger partial charge in [0.2, 0.25) is 0 Å². The summed E-state index contributed by atoms with van der Waals surface area (Å²) in [5.74, 6) is 0. The summed E-state index contributed by atoms with van der Waals surface area (Å²) in [4.78, 5) is 2.12. The minimum Gasteiger partial charge on any atom is -0.377 e. The fraction of sp³-hybridized carbons (Fsp3) is 0.500. The molecule has 17 heavy (non-hydrogen) atoms. The van der Waals surface area contributed by atoms with E-state index < -0.39 is 0 Å². The van der Waals surface area contributed by atoms with Crippen molar-refractivity contribution in [3.63, 3.8) is 0 Å². The van der Waals surface area contributed by atoms with Crippen LogP contribution in [0.4, 0.5) is 0 Å². The molecule has 1 aromatic carbocycles. The number of hydrogen-bond donors (Lipinski definition) is 0. The van der Waals surface area contributed by atoms with Gasteiger partial charge in [0.1, 0.15) is 0 Å². The van der Waals surface area contributed by atoms with Crippen molar-refractivity contribution >= 4 is 0 Å². The lowest BCUT2D eigenvalue weighted by molar-refractivity contribution is 0.110. The monoisotopic (exact) mass is 232 g/mol. The van der Waals surface area contributed by atoms with E-state index in [1.165, 1.54) is 5.56 Å². The lowest BCUT2D eigenvalue weighted by Crippen LogP contribution is -2.25. The molecule has 1 aromatic rings. The topological polar surface area (TPSA) is 36.3 Å². The van der Waals surface area contributed by atoms with Crippen LogP contribution >= 0.6 is 0 Å². The normalized spacial score (nSPS) is 10.4. The number of nitriles is 1. The highest BCUT2D eigenvalue weighted by Gasteiger charge is 2.00. The Balaban J connectivity index is 2.07. The quantitative estimate of drug-likeness (QED) is 0.510. The van der Waals surface area contributed by atoms with Gasteiger partial charge in [-0.05, 0) is 18.5 Å². The van der Waals surface area contributed by atoms with Gasteiger partial charge in [0.05, 0.1) is 19.2 Å². The standard InChI is InChI=1S/C14H20N2O/c1-2-16(11-9-15)10-6-12-17-13-14-7-4-3-5-8-14/h3-5,7-8H,2,6,10-13H2,1H3. The first-order valence-electron chi connectivity index (χ1n) is 6.07. The molecule has 0 aliphatic rings. The van der Waals surface area contributed by atoms with Crippen molar-refractivity contribution < 1.29 is 4.74 Å². The summed E-state index contributed by atoms with van der Waals surface area (Å²) in [6, 6.07) is 12.3. The van der Waals surface area contributed by atoms with Crippen LogP contribution in [0.5, 0.6) is 0 Å². The molecule has 0 bridgehead atoms. The molecule has 0 aliphatic heterocycles. The van der Waals surface area contributed by atoms with Crippen molar-refractivity contribution in [2.75, 3.05) is 26.2 Å². The fourth-order valence-corrected chi connectivity index (χ4v) is 1.60. The van der Waals surface area contributed by atoms with E-state index in [0.29, 0.717) is 13.2 Å². The number of nitrogens with zero attached hydrogens (tertiary/aromatic N) is 2. The highest BCUT2D eigenvalue weighted by atomic mass is 16.5. The van der Waals surface area contributed by atoms with E-state index in [9.17, 15) is 0 Å². The zero-order valence-electron chi connectivity index (χ0n) is 10.4. The van der Waals surface area contributed by atoms with Crippen LogP contribution in [0.15, 0.2) is 30.3 Å². The zero-order chi connectivity index (χ0) is 12.3. The van der Waals surface area contributed by atoms with Crippen molar-refractivity contribution in [1.29, 1.82) is 5.26 Å². The third-order valence-corrected chi connectivity index (χ3v) is 2.62. The largest absolute Gasteiger partial charge is 0.377 e. The van der Waals surface area contributed by atoms with Crippen LogP contribution in [0.25, 0.3) is 0 Å². The molecule has 92 valence electrons. The summed E-state index contributed by atoms with van der Waals surface area (Å²) in [5.41, 5.74) is 1.21. The van der Waals surface area contributed by atoms with Crippen LogP contribution in [-0.2, 0) is 11.3 Å². The van der Waals surface area contributed by atoms with Crippen LogP contribution in [0, 0.1) is 11.3 Å². The Morgan fingerprint density at radius 3 is 2.71 bits per heavy atom. The molecule has 0 aromatic heterocycles. The van der Waals surface area contributed by atoms with Gasteiger partial charge in [0.15, 0.2) is 0 Å². The van der Waals surface area contributed by atoms with Crippen molar-refractivity contribution in [2.45, 2.75) is 20.0 Å². The predicted molar refractivity (Wildman–Crippen MR) is 68.4 cm³/mol. The molecule has 0 unspecified atom stereocenters. The summed E-state index contributed by atoms with van der Waals surface area (Å²) >= 11 is 0. The maximum absolute atomic E-state index is 8.60. The molecule has 0 atom stereocenters. The summed E-state index contributed by atoms with van der Waals surface area (Å²) in [7, 11) is 0. The smallest absolute Gasteiger partial charge is 0.0865 e. The minimum absolute atomic E-state index is 0.509. The second kappa shape index (κ2) is 8.74. The van der Waals surface area contributed by atoms with E-state index in [4.69, 9.17) is 10.00 Å². The minimum atomic E-state index is 0.509. The highest BCUT2D eigenvalue weighted by molar-refractivity contribution is 5.13. The van der Waals surface area contributed by atoms with Gasteiger partial charge in [-0.1, -0.05) is 37.3 Å². The van der Waals surface area contributed by atoms with E-state index in [0.717, 1.165) is 26.1 Å². The van der Waals surface area contributed by atoms with E-state index in [-0.39, 0.29) is 0 Å². The first kappa shape index (κ1) is 13.7. The Labute approximate surface area is 104 Å². The number of benzene rings is 1. The molecule has 0 fully saturated rings. The fourth-order valence-electron chi connectivity index (χ4n) is 1.60. The zero-order valence-corrected chi connectivity index (χ0v) is 10.4. The predicted octanol–water partition coefficient (Wildman–Crippen LogP) is 2.44. The van der Waals surface area contributed by atoms with Crippen molar-refractivity contribution in [3.8, 4) is 6.07 Å². The van der Waals surface area contributed by atoms with Crippen LogP contribution in [-0.4, -0.2) is 31.1 Å². The third-order valence-electron chi connectivity index (χ3n) is 2.62. The summed E-state index contributed by atoms with van der Waals surface area (Å²) in [6.07, 6.45) is 0.975. The highest BCUT2D eigenvalue weighted by Crippen LogP contribution is 2.01. The van der Waals surface area contributed by atoms with Crippen molar-refractivity contribution in [2.24, 2.45) is 0 Å². The third kappa shape index (κ3) is 6.06. The maximum Gasteiger partial charge on any atom is 0.0865 e. The number of hydrogen-bond acceptors (Lipinski definition) is 3. The molecule has 0 spiro atoms. The van der Waals surface area contributed by atoms with Gasteiger partial charge in [0.25, 0.3) is 0 Å². The second-order valence-electron chi connectivity index (χ2n) is 3.92. The summed E-state index contributed by atoms with van der Waals surface area (Å²) < 4.78 is 5.58. The van der Waals surface area contributed by atoms with E-state index in [2.05, 4.69) is 30.0 Å². The Morgan fingerprint density at radius 1 is 1.29 bits per heavy atom. The summed E-state index contributed by atoms with van der Waals surface area (Å²) in [6.45, 7) is 5.85. The Morgan fingerprint density at radius 2 is 2.06 bits per heavy atom. The van der Waals surface area contributed by atoms with Crippen LogP contribution < -0.4 is 0 Å². The van der Waals surface area contributed by atoms with Crippen molar-refractivity contribution in [1.82, 2.24) is 4.90 Å². The maximum atomic E-state index is 8.60. The molecule has 0 N–H and O–H groups in total. The average molecular weight is 232 g/mol. The molecule has 3 nitrogen and oxygen atoms in total. The molecule has 0 heterocycles. The lowest BCUT2D eigenvalue weighted by Gasteiger charge is -2.16.